The van der Waals surface area contributed by atoms with Crippen LogP contribution in [0.4, 0.5) is 18.9 Å². The van der Waals surface area contributed by atoms with Crippen LogP contribution in [0, 0.1) is 5.92 Å². The fourth-order valence-corrected chi connectivity index (χ4v) is 1.98. The minimum atomic E-state index is -4.56. The molecule has 21 heavy (non-hydrogen) atoms. The van der Waals surface area contributed by atoms with E-state index in [9.17, 15) is 13.2 Å². The highest BCUT2D eigenvalue weighted by Crippen LogP contribution is 2.34. The molecule has 4 nitrogen and oxygen atoms in total. The molecule has 0 aliphatic rings. The highest BCUT2D eigenvalue weighted by atomic mass is 19.4. The molecule has 1 rings (SSSR count). The maximum absolute atomic E-state index is 12.9. The topological polar surface area (TPSA) is 61.8 Å². The fourth-order valence-electron chi connectivity index (χ4n) is 1.98. The van der Waals surface area contributed by atoms with Crippen molar-refractivity contribution in [3.63, 3.8) is 0 Å². The molecule has 0 spiro atoms. The normalized spacial score (nSPS) is 14.1. The van der Waals surface area contributed by atoms with E-state index in [-0.39, 0.29) is 5.56 Å². The Kier molecular flexibility index (Phi) is 5.46. The summed E-state index contributed by atoms with van der Waals surface area (Å²) in [5.41, 5.74) is 4.72. The van der Waals surface area contributed by atoms with Gasteiger partial charge in [-0.25, -0.2) is 0 Å². The van der Waals surface area contributed by atoms with Crippen LogP contribution in [0.15, 0.2) is 23.4 Å². The van der Waals surface area contributed by atoms with E-state index in [1.807, 2.05) is 11.8 Å². The number of halogens is 3. The van der Waals surface area contributed by atoms with Crippen molar-refractivity contribution in [2.75, 3.05) is 18.5 Å². The van der Waals surface area contributed by atoms with Crippen LogP contribution in [0.3, 0.4) is 0 Å². The lowest BCUT2D eigenvalue weighted by Crippen LogP contribution is -2.25. The molecule has 1 atom stereocenters. The van der Waals surface area contributed by atoms with Crippen molar-refractivity contribution in [1.29, 1.82) is 0 Å². The lowest BCUT2D eigenvalue weighted by Gasteiger charge is -2.24. The summed E-state index contributed by atoms with van der Waals surface area (Å²) in [4.78, 5) is 1.85. The van der Waals surface area contributed by atoms with Crippen molar-refractivity contribution in [2.24, 2.45) is 16.8 Å². The van der Waals surface area contributed by atoms with E-state index in [4.69, 9.17) is 10.9 Å². The number of anilines is 1. The van der Waals surface area contributed by atoms with Crippen molar-refractivity contribution in [3.8, 4) is 0 Å². The Labute approximate surface area is 122 Å². The molecule has 118 valence electrons. The minimum Gasteiger partial charge on any atom is -0.409 e. The van der Waals surface area contributed by atoms with Crippen LogP contribution < -0.4 is 10.6 Å². The van der Waals surface area contributed by atoms with Gasteiger partial charge in [-0.15, -0.1) is 0 Å². The summed E-state index contributed by atoms with van der Waals surface area (Å²) in [5.74, 6) is -0.147. The molecule has 0 aliphatic carbocycles. The molecule has 7 heteroatoms. The number of nitrogens with zero attached hydrogens (tertiary/aromatic N) is 2. The molecule has 0 saturated carbocycles. The first-order valence-electron chi connectivity index (χ1n) is 6.61. The summed E-state index contributed by atoms with van der Waals surface area (Å²) >= 11 is 0. The first kappa shape index (κ1) is 17.1. The van der Waals surface area contributed by atoms with Crippen LogP contribution in [0.1, 0.15) is 31.4 Å². The summed E-state index contributed by atoms with van der Waals surface area (Å²) in [6.45, 7) is 4.82. The van der Waals surface area contributed by atoms with Crippen LogP contribution in [0.25, 0.3) is 0 Å². The minimum absolute atomic E-state index is 0.321. The van der Waals surface area contributed by atoms with E-state index in [2.05, 4.69) is 12.1 Å². The van der Waals surface area contributed by atoms with Gasteiger partial charge in [-0.2, -0.15) is 13.2 Å². The average Bonchev–Trinajstić information content (AvgIpc) is 2.44. The largest absolute Gasteiger partial charge is 0.417 e. The molecule has 0 aromatic heterocycles. The van der Waals surface area contributed by atoms with Gasteiger partial charge in [0.15, 0.2) is 5.84 Å². The zero-order valence-electron chi connectivity index (χ0n) is 12.3. The van der Waals surface area contributed by atoms with Gasteiger partial charge in [0.2, 0.25) is 0 Å². The lowest BCUT2D eigenvalue weighted by molar-refractivity contribution is -0.137. The standard InChI is InChI=1S/C14H20F3N3O/c1-4-9(2)8-20(3)10-5-6-12(14(15,16)17)11(7-10)13(18)19-21/h5-7,9,21H,4,8H2,1-3H3,(H2,18,19). The third kappa shape index (κ3) is 4.27. The first-order valence-corrected chi connectivity index (χ1v) is 6.61. The van der Waals surface area contributed by atoms with Crippen molar-refractivity contribution >= 4 is 11.5 Å². The van der Waals surface area contributed by atoms with E-state index in [0.29, 0.717) is 18.2 Å². The first-order chi connectivity index (χ1) is 9.70. The molecule has 0 fully saturated rings. The molecule has 0 radical (unpaired) electrons. The van der Waals surface area contributed by atoms with Crippen molar-refractivity contribution < 1.29 is 18.4 Å². The van der Waals surface area contributed by atoms with Gasteiger partial charge in [-0.3, -0.25) is 0 Å². The van der Waals surface area contributed by atoms with Gasteiger partial charge in [0.25, 0.3) is 0 Å². The summed E-state index contributed by atoms with van der Waals surface area (Å²) in [7, 11) is 1.80. The molecule has 0 heterocycles. The number of hydrogen-bond acceptors (Lipinski definition) is 3. The smallest absolute Gasteiger partial charge is 0.409 e. The number of hydrogen-bond donors (Lipinski definition) is 2. The van der Waals surface area contributed by atoms with Gasteiger partial charge in [0.05, 0.1) is 5.56 Å². The molecule has 1 aromatic carbocycles. The number of amidine groups is 1. The van der Waals surface area contributed by atoms with Crippen LogP contribution in [0.5, 0.6) is 0 Å². The third-order valence-electron chi connectivity index (χ3n) is 3.42. The number of alkyl halides is 3. The second kappa shape index (κ2) is 6.69. The molecule has 0 amide bonds. The Morgan fingerprint density at radius 1 is 1.43 bits per heavy atom. The second-order valence-electron chi connectivity index (χ2n) is 5.11. The number of benzene rings is 1. The third-order valence-corrected chi connectivity index (χ3v) is 3.42. The molecule has 1 aromatic rings. The van der Waals surface area contributed by atoms with Crippen molar-refractivity contribution in [3.05, 3.63) is 29.3 Å². The molecule has 0 saturated heterocycles. The molecule has 0 aliphatic heterocycles. The SMILES string of the molecule is CCC(C)CN(C)c1ccc(C(F)(F)F)c(/C(N)=N/O)c1. The van der Waals surface area contributed by atoms with E-state index in [0.717, 1.165) is 12.5 Å². The molecular formula is C14H20F3N3O. The van der Waals surface area contributed by atoms with Crippen molar-refractivity contribution in [1.82, 2.24) is 0 Å². The zero-order chi connectivity index (χ0) is 16.2. The van der Waals surface area contributed by atoms with Gasteiger partial charge in [-0.1, -0.05) is 25.4 Å². The number of rotatable bonds is 5. The number of nitrogens with two attached hydrogens (primary N) is 1. The van der Waals surface area contributed by atoms with Crippen LogP contribution in [0.2, 0.25) is 0 Å². The maximum Gasteiger partial charge on any atom is 0.417 e. The van der Waals surface area contributed by atoms with Gasteiger partial charge in [0, 0.05) is 24.8 Å². The molecule has 3 N–H and O–H groups in total. The van der Waals surface area contributed by atoms with E-state index < -0.39 is 17.6 Å². The van der Waals surface area contributed by atoms with Crippen LogP contribution in [-0.2, 0) is 6.18 Å². The maximum atomic E-state index is 12.9. The van der Waals surface area contributed by atoms with Gasteiger partial charge in [-0.05, 0) is 24.1 Å². The quantitative estimate of drug-likeness (QED) is 0.380. The molecule has 1 unspecified atom stereocenters. The predicted molar refractivity (Wildman–Crippen MR) is 76.7 cm³/mol. The van der Waals surface area contributed by atoms with E-state index in [1.54, 1.807) is 7.05 Å². The Morgan fingerprint density at radius 2 is 2.05 bits per heavy atom. The lowest BCUT2D eigenvalue weighted by atomic mass is 10.0. The summed E-state index contributed by atoms with van der Waals surface area (Å²) in [6.07, 6.45) is -3.59. The van der Waals surface area contributed by atoms with E-state index in [1.165, 1.54) is 12.1 Å². The zero-order valence-corrected chi connectivity index (χ0v) is 12.3. The second-order valence-corrected chi connectivity index (χ2v) is 5.11. The molecular weight excluding hydrogens is 283 g/mol. The summed E-state index contributed by atoms with van der Waals surface area (Å²) < 4.78 is 38.8. The Balaban J connectivity index is 3.22. The van der Waals surface area contributed by atoms with E-state index >= 15 is 0 Å². The Morgan fingerprint density at radius 3 is 2.52 bits per heavy atom. The predicted octanol–water partition coefficient (Wildman–Crippen LogP) is 3.28. The number of oxime groups is 1. The summed E-state index contributed by atoms with van der Waals surface area (Å²) in [5, 5.41) is 11.4. The van der Waals surface area contributed by atoms with Crippen molar-refractivity contribution in [2.45, 2.75) is 26.4 Å². The Bertz CT molecular complexity index is 515. The van der Waals surface area contributed by atoms with Gasteiger partial charge >= 0.3 is 6.18 Å². The fraction of sp³-hybridized carbons (Fsp3) is 0.500. The Hall–Kier alpha value is -1.92. The van der Waals surface area contributed by atoms with Gasteiger partial charge < -0.3 is 15.8 Å². The highest BCUT2D eigenvalue weighted by Gasteiger charge is 2.34. The highest BCUT2D eigenvalue weighted by molar-refractivity contribution is 5.99. The van der Waals surface area contributed by atoms with Crippen LogP contribution in [-0.4, -0.2) is 24.6 Å². The monoisotopic (exact) mass is 303 g/mol. The van der Waals surface area contributed by atoms with Gasteiger partial charge in [0.1, 0.15) is 0 Å². The molecule has 0 bridgehead atoms. The van der Waals surface area contributed by atoms with Crippen LogP contribution >= 0.6 is 0 Å². The summed E-state index contributed by atoms with van der Waals surface area (Å²) in [6, 6.07) is 3.63. The average molecular weight is 303 g/mol.